The third-order valence-corrected chi connectivity index (χ3v) is 3.19. The summed E-state index contributed by atoms with van der Waals surface area (Å²) in [5.74, 6) is -0.716. The Labute approximate surface area is 102 Å². The highest BCUT2D eigenvalue weighted by atomic mass is 16.4. The highest BCUT2D eigenvalue weighted by Crippen LogP contribution is 2.28. The lowest BCUT2D eigenvalue weighted by Gasteiger charge is -2.28. The molecule has 0 amide bonds. The molecule has 92 valence electrons. The van der Waals surface area contributed by atoms with Crippen LogP contribution in [0.5, 0.6) is 0 Å². The second kappa shape index (κ2) is 4.49. The topological polar surface area (TPSA) is 40.5 Å². The largest absolute Gasteiger partial charge is 0.481 e. The molecular formula is C14H19NO2. The lowest BCUT2D eigenvalue weighted by atomic mass is 9.89. The van der Waals surface area contributed by atoms with E-state index < -0.39 is 5.97 Å². The molecule has 3 heteroatoms. The van der Waals surface area contributed by atoms with Gasteiger partial charge in [0.15, 0.2) is 0 Å². The van der Waals surface area contributed by atoms with E-state index in [1.165, 1.54) is 11.1 Å². The fourth-order valence-electron chi connectivity index (χ4n) is 2.59. The minimum absolute atomic E-state index is 0.173. The average Bonchev–Trinajstić information content (AvgIpc) is 2.55. The van der Waals surface area contributed by atoms with Crippen molar-refractivity contribution in [3.8, 4) is 0 Å². The highest BCUT2D eigenvalue weighted by Gasteiger charge is 2.27. The minimum atomic E-state index is -0.716. The maximum atomic E-state index is 10.8. The van der Waals surface area contributed by atoms with Crippen molar-refractivity contribution in [2.75, 3.05) is 6.54 Å². The number of fused-ring (bicyclic) bond motifs is 1. The fourth-order valence-corrected chi connectivity index (χ4v) is 2.59. The number of hydrogen-bond acceptors (Lipinski definition) is 2. The molecule has 1 aromatic carbocycles. The molecule has 0 aromatic heterocycles. The Bertz CT molecular complexity index is 401. The molecule has 0 saturated carbocycles. The van der Waals surface area contributed by atoms with Crippen LogP contribution in [0.1, 0.15) is 31.4 Å². The zero-order chi connectivity index (χ0) is 12.5. The summed E-state index contributed by atoms with van der Waals surface area (Å²) in [4.78, 5) is 13.1. The van der Waals surface area contributed by atoms with E-state index in [2.05, 4.69) is 29.2 Å². The summed E-state index contributed by atoms with van der Waals surface area (Å²) < 4.78 is 0. The van der Waals surface area contributed by atoms with Crippen molar-refractivity contribution in [1.82, 2.24) is 4.90 Å². The molecule has 1 aliphatic heterocycles. The number of carboxylic acid groups (broad SMARTS) is 1. The maximum Gasteiger partial charge on any atom is 0.303 e. The third kappa shape index (κ3) is 3.07. The van der Waals surface area contributed by atoms with E-state index in [0.29, 0.717) is 0 Å². The molecule has 0 fully saturated rings. The lowest BCUT2D eigenvalue weighted by Crippen LogP contribution is -2.32. The molecule has 0 bridgehead atoms. The van der Waals surface area contributed by atoms with E-state index >= 15 is 0 Å². The van der Waals surface area contributed by atoms with Crippen molar-refractivity contribution in [2.24, 2.45) is 5.41 Å². The Balaban J connectivity index is 1.98. The van der Waals surface area contributed by atoms with Gasteiger partial charge in [0.25, 0.3) is 0 Å². The fraction of sp³-hybridized carbons (Fsp3) is 0.500. The first-order valence-electron chi connectivity index (χ1n) is 5.97. The molecule has 0 atom stereocenters. The molecular weight excluding hydrogens is 214 g/mol. The molecule has 0 saturated heterocycles. The second-order valence-corrected chi connectivity index (χ2v) is 5.65. The Hall–Kier alpha value is -1.35. The summed E-state index contributed by atoms with van der Waals surface area (Å²) in [6.45, 7) is 6.75. The van der Waals surface area contributed by atoms with Gasteiger partial charge in [-0.15, -0.1) is 0 Å². The van der Waals surface area contributed by atoms with Crippen molar-refractivity contribution < 1.29 is 9.90 Å². The van der Waals surface area contributed by atoms with Crippen LogP contribution in [-0.4, -0.2) is 22.5 Å². The van der Waals surface area contributed by atoms with Gasteiger partial charge in [0.1, 0.15) is 0 Å². The average molecular weight is 233 g/mol. The third-order valence-electron chi connectivity index (χ3n) is 3.19. The standard InChI is InChI=1S/C14H19NO2/c1-14(2,7-13(16)17)10-15-8-11-5-3-4-6-12(11)9-15/h3-6H,7-10H2,1-2H3,(H,16,17). The van der Waals surface area contributed by atoms with Crippen LogP contribution >= 0.6 is 0 Å². The lowest BCUT2D eigenvalue weighted by molar-refractivity contribution is -0.139. The molecule has 1 N–H and O–H groups in total. The van der Waals surface area contributed by atoms with Crippen LogP contribution in [0.3, 0.4) is 0 Å². The Morgan fingerprint density at radius 3 is 2.29 bits per heavy atom. The Morgan fingerprint density at radius 2 is 1.82 bits per heavy atom. The van der Waals surface area contributed by atoms with Gasteiger partial charge in [-0.1, -0.05) is 38.1 Å². The van der Waals surface area contributed by atoms with Crippen molar-refractivity contribution in [3.63, 3.8) is 0 Å². The summed E-state index contributed by atoms with van der Waals surface area (Å²) in [6, 6.07) is 8.43. The SMILES string of the molecule is CC(C)(CC(=O)O)CN1Cc2ccccc2C1. The van der Waals surface area contributed by atoms with Gasteiger partial charge in [-0.25, -0.2) is 0 Å². The number of nitrogens with zero attached hydrogens (tertiary/aromatic N) is 1. The first-order chi connectivity index (χ1) is 7.96. The number of benzene rings is 1. The maximum absolute atomic E-state index is 10.8. The van der Waals surface area contributed by atoms with Crippen LogP contribution in [-0.2, 0) is 17.9 Å². The number of carbonyl (C=O) groups is 1. The molecule has 0 radical (unpaired) electrons. The summed E-state index contributed by atoms with van der Waals surface area (Å²) >= 11 is 0. The molecule has 17 heavy (non-hydrogen) atoms. The summed E-state index contributed by atoms with van der Waals surface area (Å²) in [6.07, 6.45) is 0.222. The van der Waals surface area contributed by atoms with Crippen LogP contribution in [0.25, 0.3) is 0 Å². The van der Waals surface area contributed by atoms with E-state index in [9.17, 15) is 4.79 Å². The van der Waals surface area contributed by atoms with Crippen LogP contribution in [0.15, 0.2) is 24.3 Å². The monoisotopic (exact) mass is 233 g/mol. The predicted octanol–water partition coefficient (Wildman–Crippen LogP) is 2.50. The van der Waals surface area contributed by atoms with E-state index in [-0.39, 0.29) is 11.8 Å². The Morgan fingerprint density at radius 1 is 1.29 bits per heavy atom. The van der Waals surface area contributed by atoms with Crippen molar-refractivity contribution >= 4 is 5.97 Å². The smallest absolute Gasteiger partial charge is 0.303 e. The minimum Gasteiger partial charge on any atom is -0.481 e. The molecule has 3 nitrogen and oxygen atoms in total. The van der Waals surface area contributed by atoms with E-state index in [4.69, 9.17) is 5.11 Å². The highest BCUT2D eigenvalue weighted by molar-refractivity contribution is 5.67. The van der Waals surface area contributed by atoms with E-state index in [1.807, 2.05) is 13.8 Å². The quantitative estimate of drug-likeness (QED) is 0.868. The predicted molar refractivity (Wildman–Crippen MR) is 66.6 cm³/mol. The number of rotatable bonds is 4. The molecule has 2 rings (SSSR count). The molecule has 0 spiro atoms. The normalized spacial score (nSPS) is 15.9. The molecule has 1 aromatic rings. The van der Waals surface area contributed by atoms with Crippen LogP contribution < -0.4 is 0 Å². The molecule has 1 aliphatic rings. The van der Waals surface area contributed by atoms with E-state index in [0.717, 1.165) is 19.6 Å². The Kier molecular flexibility index (Phi) is 3.20. The first kappa shape index (κ1) is 12.1. The number of hydrogen-bond donors (Lipinski definition) is 1. The molecule has 1 heterocycles. The van der Waals surface area contributed by atoms with Gasteiger partial charge in [0, 0.05) is 19.6 Å². The van der Waals surface area contributed by atoms with Crippen molar-refractivity contribution in [2.45, 2.75) is 33.4 Å². The van der Waals surface area contributed by atoms with Crippen LogP contribution in [0.4, 0.5) is 0 Å². The van der Waals surface area contributed by atoms with Crippen LogP contribution in [0.2, 0.25) is 0 Å². The molecule has 0 unspecified atom stereocenters. The zero-order valence-corrected chi connectivity index (χ0v) is 10.4. The van der Waals surface area contributed by atoms with Gasteiger partial charge in [0.05, 0.1) is 6.42 Å². The van der Waals surface area contributed by atoms with Crippen molar-refractivity contribution in [3.05, 3.63) is 35.4 Å². The van der Waals surface area contributed by atoms with Gasteiger partial charge in [-0.3, -0.25) is 9.69 Å². The zero-order valence-electron chi connectivity index (χ0n) is 10.4. The van der Waals surface area contributed by atoms with Gasteiger partial charge in [0.2, 0.25) is 0 Å². The number of aliphatic carboxylic acids is 1. The van der Waals surface area contributed by atoms with Gasteiger partial charge in [-0.2, -0.15) is 0 Å². The van der Waals surface area contributed by atoms with E-state index in [1.54, 1.807) is 0 Å². The summed E-state index contributed by atoms with van der Waals surface area (Å²) in [7, 11) is 0. The van der Waals surface area contributed by atoms with Crippen LogP contribution in [0, 0.1) is 5.41 Å². The summed E-state index contributed by atoms with van der Waals surface area (Å²) in [5, 5.41) is 8.88. The summed E-state index contributed by atoms with van der Waals surface area (Å²) in [5.41, 5.74) is 2.57. The second-order valence-electron chi connectivity index (χ2n) is 5.65. The van der Waals surface area contributed by atoms with Gasteiger partial charge in [-0.05, 0) is 16.5 Å². The molecule has 0 aliphatic carbocycles. The number of carboxylic acids is 1. The van der Waals surface area contributed by atoms with Gasteiger partial charge >= 0.3 is 5.97 Å². The first-order valence-corrected chi connectivity index (χ1v) is 5.97. The van der Waals surface area contributed by atoms with Crippen molar-refractivity contribution in [1.29, 1.82) is 0 Å². The van der Waals surface area contributed by atoms with Gasteiger partial charge < -0.3 is 5.11 Å².